The van der Waals surface area contributed by atoms with Crippen LogP contribution in [0.3, 0.4) is 0 Å². The Morgan fingerprint density at radius 3 is 2.58 bits per heavy atom. The predicted molar refractivity (Wildman–Crippen MR) is 153 cm³/mol. The zero-order valence-electron chi connectivity index (χ0n) is 22.8. The topological polar surface area (TPSA) is 96.4 Å². The number of halogens is 1. The molecule has 3 saturated heterocycles. The number of hydrogen-bond donors (Lipinski definition) is 1. The molecule has 9 heteroatoms. The van der Waals surface area contributed by atoms with Gasteiger partial charge in [-0.3, -0.25) is 14.4 Å². The zero-order valence-corrected chi connectivity index (χ0v) is 24.4. The molecule has 3 unspecified atom stereocenters. The molecule has 0 radical (unpaired) electrons. The van der Waals surface area contributed by atoms with E-state index in [0.717, 1.165) is 37.7 Å². The number of nitrogens with zero attached hydrogens (tertiary/aromatic N) is 2. The number of carbonyl (C=O) groups excluding carboxylic acids is 3. The fourth-order valence-corrected chi connectivity index (χ4v) is 8.37. The molecular weight excluding hydrogens is 576 g/mol. The van der Waals surface area contributed by atoms with Gasteiger partial charge in [-0.25, -0.2) is 0 Å². The summed E-state index contributed by atoms with van der Waals surface area (Å²) in [6.45, 7) is 7.73. The molecular formula is C31H39BrN2O6. The Morgan fingerprint density at radius 2 is 1.93 bits per heavy atom. The molecule has 1 saturated carbocycles. The number of aliphatic hydroxyl groups excluding tert-OH is 1. The van der Waals surface area contributed by atoms with Gasteiger partial charge in [0.05, 0.1) is 37.2 Å². The van der Waals surface area contributed by atoms with E-state index in [9.17, 15) is 19.5 Å². The number of likely N-dealkylation sites (tertiary alicyclic amines) is 1. The number of hydrogen-bond acceptors (Lipinski definition) is 6. The third kappa shape index (κ3) is 4.84. The third-order valence-corrected chi connectivity index (χ3v) is 9.96. The summed E-state index contributed by atoms with van der Waals surface area (Å²) in [6, 6.07) is 7.51. The molecule has 4 fully saturated rings. The van der Waals surface area contributed by atoms with Gasteiger partial charge < -0.3 is 24.4 Å². The number of rotatable bonds is 11. The maximum atomic E-state index is 14.7. The minimum absolute atomic E-state index is 0.0361. The van der Waals surface area contributed by atoms with Crippen LogP contribution < -0.4 is 0 Å². The Hall–Kier alpha value is -2.49. The van der Waals surface area contributed by atoms with Crippen LogP contribution in [0.15, 0.2) is 55.6 Å². The van der Waals surface area contributed by atoms with Crippen LogP contribution in [0.4, 0.5) is 0 Å². The first-order chi connectivity index (χ1) is 19.4. The Bertz CT molecular complexity index is 1120. The number of alkyl halides is 1. The van der Waals surface area contributed by atoms with Crippen molar-refractivity contribution < 1.29 is 29.0 Å². The average molecular weight is 616 g/mol. The molecule has 0 aromatic heterocycles. The lowest BCUT2D eigenvalue weighted by atomic mass is 9.70. The molecule has 3 heterocycles. The van der Waals surface area contributed by atoms with Crippen molar-refractivity contribution in [1.29, 1.82) is 0 Å². The second kappa shape index (κ2) is 12.2. The lowest BCUT2D eigenvalue weighted by Crippen LogP contribution is -2.59. The summed E-state index contributed by atoms with van der Waals surface area (Å²) in [5, 5.41) is 10.7. The van der Waals surface area contributed by atoms with Gasteiger partial charge in [0.1, 0.15) is 11.6 Å². The van der Waals surface area contributed by atoms with Gasteiger partial charge in [-0.15, -0.1) is 13.2 Å². The molecule has 7 atom stereocenters. The highest BCUT2D eigenvalue weighted by Crippen LogP contribution is 2.61. The van der Waals surface area contributed by atoms with Crippen molar-refractivity contribution in [1.82, 2.24) is 9.80 Å². The molecule has 8 nitrogen and oxygen atoms in total. The standard InChI is InChI=1S/C31H39BrN2O6/c1-3-5-17-39-30(38)24-25-28(36)34(23(19-35)20-12-8-6-9-13-20)27(31(25)18-22(32)26(24)40-31)29(37)33(16-4-2)21-14-10-7-11-15-21/h3-4,6,8-9,12-13,21-27,35H,1-2,5,7,10-11,14-19H2/t22?,23-,24-,25+,26-,27?,31?/m1/s1. The highest BCUT2D eigenvalue weighted by atomic mass is 79.9. The Labute approximate surface area is 244 Å². The summed E-state index contributed by atoms with van der Waals surface area (Å²) in [6.07, 6.45) is 8.70. The van der Waals surface area contributed by atoms with Crippen LogP contribution in [0.5, 0.6) is 0 Å². The van der Waals surface area contributed by atoms with Crippen molar-refractivity contribution in [3.8, 4) is 0 Å². The first-order valence-corrected chi connectivity index (χ1v) is 15.3. The van der Waals surface area contributed by atoms with Crippen molar-refractivity contribution in [3.05, 3.63) is 61.2 Å². The minimum atomic E-state index is -1.22. The summed E-state index contributed by atoms with van der Waals surface area (Å²) < 4.78 is 12.2. The first-order valence-electron chi connectivity index (χ1n) is 14.4. The van der Waals surface area contributed by atoms with Crippen molar-refractivity contribution in [2.45, 2.75) is 79.6 Å². The number of ether oxygens (including phenoxy) is 2. The molecule has 216 valence electrons. The second-order valence-corrected chi connectivity index (χ2v) is 12.5. The number of esters is 1. The van der Waals surface area contributed by atoms with E-state index >= 15 is 0 Å². The van der Waals surface area contributed by atoms with E-state index < -0.39 is 41.6 Å². The number of amides is 2. The van der Waals surface area contributed by atoms with Crippen LogP contribution in [0.25, 0.3) is 0 Å². The molecule has 2 amide bonds. The quantitative estimate of drug-likeness (QED) is 0.176. The van der Waals surface area contributed by atoms with E-state index in [1.165, 1.54) is 4.90 Å². The number of aliphatic hydroxyl groups is 1. The zero-order chi connectivity index (χ0) is 28.4. The molecule has 1 N–H and O–H groups in total. The van der Waals surface area contributed by atoms with E-state index in [1.54, 1.807) is 12.2 Å². The molecule has 1 aromatic carbocycles. The van der Waals surface area contributed by atoms with Gasteiger partial charge in [0, 0.05) is 17.4 Å². The fourth-order valence-electron chi connectivity index (χ4n) is 7.43. The SMILES string of the molecule is C=CCCOC(=O)[C@H]1[C@@H]2OC3(CC2Br)C(C(=O)N(CC=C)C2CCCCC2)N([C@H](CO)c2ccccc2)C(=O)[C@H]13. The van der Waals surface area contributed by atoms with Gasteiger partial charge in [0.25, 0.3) is 0 Å². The van der Waals surface area contributed by atoms with Gasteiger partial charge >= 0.3 is 5.97 Å². The second-order valence-electron chi connectivity index (χ2n) is 11.3. The molecule has 1 spiro atoms. The van der Waals surface area contributed by atoms with Crippen molar-refractivity contribution in [3.63, 3.8) is 0 Å². The maximum Gasteiger partial charge on any atom is 0.312 e. The van der Waals surface area contributed by atoms with Crippen LogP contribution in [0.1, 0.15) is 56.6 Å². The van der Waals surface area contributed by atoms with Crippen LogP contribution >= 0.6 is 15.9 Å². The van der Waals surface area contributed by atoms with Crippen molar-refractivity contribution in [2.24, 2.45) is 11.8 Å². The minimum Gasteiger partial charge on any atom is -0.465 e. The molecule has 3 aliphatic heterocycles. The lowest BCUT2D eigenvalue weighted by molar-refractivity contribution is -0.157. The van der Waals surface area contributed by atoms with E-state index in [-0.39, 0.29) is 35.9 Å². The van der Waals surface area contributed by atoms with Gasteiger partial charge in [-0.2, -0.15) is 0 Å². The molecule has 40 heavy (non-hydrogen) atoms. The van der Waals surface area contributed by atoms with Gasteiger partial charge in [0.2, 0.25) is 11.8 Å². The largest absolute Gasteiger partial charge is 0.465 e. The predicted octanol–water partition coefficient (Wildman–Crippen LogP) is 3.93. The molecule has 1 aliphatic carbocycles. The first kappa shape index (κ1) is 29.0. The van der Waals surface area contributed by atoms with E-state index in [1.807, 2.05) is 35.2 Å². The summed E-state index contributed by atoms with van der Waals surface area (Å²) in [5.74, 6) is -2.80. The van der Waals surface area contributed by atoms with Crippen molar-refractivity contribution >= 4 is 33.7 Å². The highest BCUT2D eigenvalue weighted by Gasteiger charge is 2.77. The average Bonchev–Trinajstić information content (AvgIpc) is 3.56. The van der Waals surface area contributed by atoms with Crippen LogP contribution in [0, 0.1) is 11.8 Å². The smallest absolute Gasteiger partial charge is 0.312 e. The Balaban J connectivity index is 1.59. The molecule has 2 bridgehead atoms. The number of carbonyl (C=O) groups is 3. The van der Waals surface area contributed by atoms with E-state index in [0.29, 0.717) is 19.4 Å². The van der Waals surface area contributed by atoms with Crippen molar-refractivity contribution in [2.75, 3.05) is 19.8 Å². The summed E-state index contributed by atoms with van der Waals surface area (Å²) in [7, 11) is 0. The van der Waals surface area contributed by atoms with Crippen LogP contribution in [-0.2, 0) is 23.9 Å². The van der Waals surface area contributed by atoms with Crippen LogP contribution in [0.2, 0.25) is 0 Å². The molecule has 1 aromatic rings. The van der Waals surface area contributed by atoms with Gasteiger partial charge in [0.15, 0.2) is 0 Å². The number of benzene rings is 1. The molecule has 5 rings (SSSR count). The third-order valence-electron chi connectivity index (χ3n) is 9.12. The van der Waals surface area contributed by atoms with Gasteiger partial charge in [-0.1, -0.05) is 77.7 Å². The molecule has 4 aliphatic rings. The summed E-state index contributed by atoms with van der Waals surface area (Å²) in [4.78, 5) is 45.8. The fraction of sp³-hybridized carbons (Fsp3) is 0.581. The van der Waals surface area contributed by atoms with Crippen LogP contribution in [-0.4, -0.2) is 81.1 Å². The van der Waals surface area contributed by atoms with Gasteiger partial charge in [-0.05, 0) is 31.2 Å². The Kier molecular flexibility index (Phi) is 8.83. The summed E-state index contributed by atoms with van der Waals surface area (Å²) in [5.41, 5.74) is -0.499. The lowest BCUT2D eigenvalue weighted by Gasteiger charge is -2.42. The van der Waals surface area contributed by atoms with E-state index in [2.05, 4.69) is 29.1 Å². The summed E-state index contributed by atoms with van der Waals surface area (Å²) >= 11 is 3.71. The number of fused-ring (bicyclic) bond motifs is 1. The normalized spacial score (nSPS) is 32.0. The Morgan fingerprint density at radius 1 is 1.20 bits per heavy atom. The maximum absolute atomic E-state index is 14.7. The highest BCUT2D eigenvalue weighted by molar-refractivity contribution is 9.09. The van der Waals surface area contributed by atoms with E-state index in [4.69, 9.17) is 9.47 Å². The monoisotopic (exact) mass is 614 g/mol.